The highest BCUT2D eigenvalue weighted by Gasteiger charge is 2.27. The Bertz CT molecular complexity index is 964. The lowest BCUT2D eigenvalue weighted by Crippen LogP contribution is -2.48. The van der Waals surface area contributed by atoms with E-state index in [0.29, 0.717) is 30.7 Å². The van der Waals surface area contributed by atoms with Crippen LogP contribution in [-0.2, 0) is 32.0 Å². The van der Waals surface area contributed by atoms with Crippen LogP contribution in [0.25, 0.3) is 0 Å². The fourth-order valence-corrected chi connectivity index (χ4v) is 3.43. The van der Waals surface area contributed by atoms with E-state index in [1.165, 1.54) is 25.0 Å². The molecule has 0 spiro atoms. The third-order valence-corrected chi connectivity index (χ3v) is 5.24. The van der Waals surface area contributed by atoms with Crippen LogP contribution in [0.4, 0.5) is 0 Å². The molecular weight excluding hydrogens is 488 g/mol. The Morgan fingerprint density at radius 1 is 0.757 bits per heavy atom. The van der Waals surface area contributed by atoms with Gasteiger partial charge in [0.05, 0.1) is 12.7 Å². The zero-order chi connectivity index (χ0) is 28.0. The molecule has 0 saturated heterocycles. The third kappa shape index (κ3) is 12.1. The van der Waals surface area contributed by atoms with Crippen LogP contribution in [0.1, 0.15) is 51.4 Å². The number of nitrogens with zero attached hydrogens (tertiary/aromatic N) is 2. The lowest BCUT2D eigenvalue weighted by molar-refractivity contribution is -0.144. The van der Waals surface area contributed by atoms with E-state index in [4.69, 9.17) is 20.4 Å². The molecule has 0 radical (unpaired) electrons. The van der Waals surface area contributed by atoms with Gasteiger partial charge in [0, 0.05) is 36.6 Å². The summed E-state index contributed by atoms with van der Waals surface area (Å²) in [6.45, 7) is 5.63. The Morgan fingerprint density at radius 3 is 1.46 bits per heavy atom. The number of carbonyl (C=O) groups is 4. The molecule has 0 aliphatic rings. The van der Waals surface area contributed by atoms with E-state index in [1.54, 1.807) is 0 Å². The fraction of sp³-hybridized carbons (Fsp3) is 0.565. The quantitative estimate of drug-likeness (QED) is 0.152. The van der Waals surface area contributed by atoms with E-state index in [2.05, 4.69) is 30.6 Å². The molecule has 2 aromatic rings. The number of imidazole rings is 2. The van der Waals surface area contributed by atoms with Crippen molar-refractivity contribution in [1.82, 2.24) is 30.6 Å². The van der Waals surface area contributed by atoms with E-state index >= 15 is 0 Å². The molecule has 14 heteroatoms. The molecule has 0 aliphatic carbocycles. The largest absolute Gasteiger partial charge is 0.480 e. The molecule has 0 saturated carbocycles. The Morgan fingerprint density at radius 2 is 1.16 bits per heavy atom. The number of aliphatic carboxylic acids is 4. The molecule has 0 aromatic carbocycles. The number of aromatic amines is 2. The molecule has 37 heavy (non-hydrogen) atoms. The minimum absolute atomic E-state index is 0.162. The zero-order valence-corrected chi connectivity index (χ0v) is 21.0. The smallest absolute Gasteiger partial charge is 0.321 e. The molecule has 14 nitrogen and oxygen atoms in total. The molecule has 0 aliphatic heterocycles. The van der Waals surface area contributed by atoms with Crippen molar-refractivity contribution in [3.63, 3.8) is 0 Å². The van der Waals surface area contributed by atoms with Crippen LogP contribution in [0.2, 0.25) is 0 Å². The van der Waals surface area contributed by atoms with Gasteiger partial charge in [-0.3, -0.25) is 29.8 Å². The van der Waals surface area contributed by atoms with Crippen molar-refractivity contribution >= 4 is 23.9 Å². The number of carboxylic acid groups (broad SMARTS) is 4. The van der Waals surface area contributed by atoms with Crippen molar-refractivity contribution in [2.24, 2.45) is 5.92 Å². The third-order valence-electron chi connectivity index (χ3n) is 5.24. The van der Waals surface area contributed by atoms with Gasteiger partial charge in [0.1, 0.15) is 24.2 Å². The van der Waals surface area contributed by atoms with Crippen LogP contribution >= 0.6 is 0 Å². The Hall–Kier alpha value is -3.78. The molecule has 206 valence electrons. The van der Waals surface area contributed by atoms with Crippen molar-refractivity contribution in [3.05, 3.63) is 36.4 Å². The number of nitrogens with one attached hydrogen (secondary N) is 4. The topological polar surface area (TPSA) is 231 Å². The standard InChI is InChI=1S/C12H19N3O4.C11H17N3O4/c1-7(2)3-9(11(16)17)15-10(12(18)19)4-8-5-13-6-14-8;1-2-3-8(10(15)16)14-9(11(17)18)4-7-5-12-6-13-7/h5-7,9-10,15H,3-4H2,1-2H3,(H,13,14)(H,16,17)(H,18,19);5-6,8-9,14H,2-4H2,1H3,(H,12,13)(H,15,16)(H,17,18)/t9?,10-;8?,9-/m01/s1. The molecule has 0 fully saturated rings. The first-order valence-electron chi connectivity index (χ1n) is 11.8. The van der Waals surface area contributed by atoms with E-state index < -0.39 is 48.0 Å². The van der Waals surface area contributed by atoms with Crippen LogP contribution in [-0.4, -0.2) is 88.4 Å². The summed E-state index contributed by atoms with van der Waals surface area (Å²) in [4.78, 5) is 57.6. The maximum atomic E-state index is 11.2. The van der Waals surface area contributed by atoms with E-state index in [1.807, 2.05) is 20.8 Å². The number of H-pyrrole nitrogens is 2. The van der Waals surface area contributed by atoms with Gasteiger partial charge in [0.15, 0.2) is 0 Å². The maximum Gasteiger partial charge on any atom is 0.321 e. The van der Waals surface area contributed by atoms with Crippen molar-refractivity contribution in [1.29, 1.82) is 0 Å². The predicted molar refractivity (Wildman–Crippen MR) is 131 cm³/mol. The molecule has 8 N–H and O–H groups in total. The number of hydrogen-bond donors (Lipinski definition) is 8. The Kier molecular flexibility index (Phi) is 13.6. The SMILES string of the molecule is CC(C)CC(N[C@@H](Cc1cnc[nH]1)C(=O)O)C(=O)O.CCCC(N[C@H](Cc1cnc[nH]1)C(=O)O)C(=O)O. The number of aromatic nitrogens is 4. The highest BCUT2D eigenvalue weighted by molar-refractivity contribution is 5.78. The monoisotopic (exact) mass is 524 g/mol. The summed E-state index contributed by atoms with van der Waals surface area (Å²) in [5.74, 6) is -4.07. The van der Waals surface area contributed by atoms with Gasteiger partial charge in [0.25, 0.3) is 0 Å². The van der Waals surface area contributed by atoms with Gasteiger partial charge in [-0.05, 0) is 18.8 Å². The molecule has 2 heterocycles. The molecule has 0 amide bonds. The summed E-state index contributed by atoms with van der Waals surface area (Å²) in [5.41, 5.74) is 1.30. The highest BCUT2D eigenvalue weighted by Crippen LogP contribution is 2.08. The molecule has 0 bridgehead atoms. The van der Waals surface area contributed by atoms with Crippen LogP contribution in [0.5, 0.6) is 0 Å². The minimum atomic E-state index is -1.08. The first-order chi connectivity index (χ1) is 17.4. The first-order valence-corrected chi connectivity index (χ1v) is 11.8. The molecular formula is C23H36N6O8. The van der Waals surface area contributed by atoms with Crippen molar-refractivity contribution in [2.45, 2.75) is 77.0 Å². The minimum Gasteiger partial charge on any atom is -0.480 e. The summed E-state index contributed by atoms with van der Waals surface area (Å²) in [7, 11) is 0. The first kappa shape index (κ1) is 31.3. The van der Waals surface area contributed by atoms with Crippen LogP contribution in [0.15, 0.2) is 25.0 Å². The highest BCUT2D eigenvalue weighted by atomic mass is 16.4. The van der Waals surface area contributed by atoms with Gasteiger partial charge >= 0.3 is 23.9 Å². The molecule has 2 rings (SSSR count). The zero-order valence-electron chi connectivity index (χ0n) is 21.0. The summed E-state index contributed by atoms with van der Waals surface area (Å²) in [5, 5.41) is 41.6. The van der Waals surface area contributed by atoms with Gasteiger partial charge in [-0.1, -0.05) is 27.2 Å². The number of hydrogen-bond acceptors (Lipinski definition) is 8. The van der Waals surface area contributed by atoms with Gasteiger partial charge in [0.2, 0.25) is 0 Å². The molecule has 4 atom stereocenters. The maximum absolute atomic E-state index is 11.2. The van der Waals surface area contributed by atoms with Gasteiger partial charge in [-0.25, -0.2) is 9.97 Å². The van der Waals surface area contributed by atoms with Crippen LogP contribution < -0.4 is 10.6 Å². The number of carboxylic acids is 4. The lowest BCUT2D eigenvalue weighted by Gasteiger charge is -2.21. The lowest BCUT2D eigenvalue weighted by atomic mass is 10.0. The second-order valence-corrected chi connectivity index (χ2v) is 8.88. The average Bonchev–Trinajstić information content (AvgIpc) is 3.51. The molecule has 2 aromatic heterocycles. The normalized spacial score (nSPS) is 14.2. The van der Waals surface area contributed by atoms with E-state index in [9.17, 15) is 19.2 Å². The van der Waals surface area contributed by atoms with Crippen LogP contribution in [0, 0.1) is 5.92 Å². The fourth-order valence-electron chi connectivity index (χ4n) is 3.43. The Labute approximate surface area is 213 Å². The molecule has 2 unspecified atom stereocenters. The predicted octanol–water partition coefficient (Wildman–Crippen LogP) is 0.743. The van der Waals surface area contributed by atoms with E-state index in [0.717, 1.165) is 0 Å². The van der Waals surface area contributed by atoms with Gasteiger partial charge in [-0.2, -0.15) is 0 Å². The van der Waals surface area contributed by atoms with Crippen LogP contribution in [0.3, 0.4) is 0 Å². The summed E-state index contributed by atoms with van der Waals surface area (Å²) in [6, 6.07) is -3.62. The van der Waals surface area contributed by atoms with Crippen molar-refractivity contribution in [3.8, 4) is 0 Å². The summed E-state index contributed by atoms with van der Waals surface area (Å²) >= 11 is 0. The van der Waals surface area contributed by atoms with Gasteiger partial charge < -0.3 is 30.4 Å². The summed E-state index contributed by atoms with van der Waals surface area (Å²) in [6.07, 6.45) is 7.72. The van der Waals surface area contributed by atoms with Crippen molar-refractivity contribution < 1.29 is 39.6 Å². The summed E-state index contributed by atoms with van der Waals surface area (Å²) < 4.78 is 0. The van der Waals surface area contributed by atoms with E-state index in [-0.39, 0.29) is 18.8 Å². The second-order valence-electron chi connectivity index (χ2n) is 8.88. The average molecular weight is 525 g/mol. The number of rotatable bonds is 16. The Balaban J connectivity index is 0.000000371. The van der Waals surface area contributed by atoms with Gasteiger partial charge in [-0.15, -0.1) is 0 Å². The second kappa shape index (κ2) is 16.1. The van der Waals surface area contributed by atoms with Crippen molar-refractivity contribution in [2.75, 3.05) is 0 Å².